The maximum absolute atomic E-state index is 14.2. The third-order valence-corrected chi connectivity index (χ3v) is 5.76. The number of carbonyl (C=O) groups is 2. The molecule has 164 valence electrons. The van der Waals surface area contributed by atoms with Gasteiger partial charge in [0.05, 0.1) is 0 Å². The molecule has 1 aliphatic rings. The summed E-state index contributed by atoms with van der Waals surface area (Å²) in [4.78, 5) is 32.8. The lowest BCUT2D eigenvalue weighted by Crippen LogP contribution is -2.47. The highest BCUT2D eigenvalue weighted by molar-refractivity contribution is 6.09. The van der Waals surface area contributed by atoms with E-state index in [1.54, 1.807) is 24.3 Å². The summed E-state index contributed by atoms with van der Waals surface area (Å²) in [5.41, 5.74) is 1.13. The molecule has 1 fully saturated rings. The molecule has 0 bridgehead atoms. The summed E-state index contributed by atoms with van der Waals surface area (Å²) in [6.07, 6.45) is 6.67. The molecular formula is C26H26FN3O2. The topological polar surface area (TPSA) is 62.3 Å². The van der Waals surface area contributed by atoms with Crippen LogP contribution in [0, 0.1) is 5.82 Å². The van der Waals surface area contributed by atoms with E-state index in [9.17, 15) is 14.0 Å². The van der Waals surface area contributed by atoms with Gasteiger partial charge in [0.25, 0.3) is 5.91 Å². The van der Waals surface area contributed by atoms with Crippen LogP contribution in [0.25, 0.3) is 0 Å². The van der Waals surface area contributed by atoms with Gasteiger partial charge in [0, 0.05) is 17.9 Å². The second-order valence-corrected chi connectivity index (χ2v) is 8.03. The van der Waals surface area contributed by atoms with Crippen molar-refractivity contribution in [1.82, 2.24) is 10.3 Å². The van der Waals surface area contributed by atoms with Gasteiger partial charge in [-0.1, -0.05) is 61.7 Å². The minimum absolute atomic E-state index is 0.0711. The lowest BCUT2D eigenvalue weighted by molar-refractivity contribution is -0.123. The van der Waals surface area contributed by atoms with Gasteiger partial charge in [-0.2, -0.15) is 0 Å². The second kappa shape index (κ2) is 10.2. The van der Waals surface area contributed by atoms with Crippen LogP contribution in [-0.4, -0.2) is 22.8 Å². The number of benzene rings is 2. The number of pyridine rings is 1. The van der Waals surface area contributed by atoms with Crippen molar-refractivity contribution in [2.45, 2.75) is 44.2 Å². The number of anilines is 1. The Morgan fingerprint density at radius 3 is 2.38 bits per heavy atom. The van der Waals surface area contributed by atoms with Gasteiger partial charge in [-0.05, 0) is 48.7 Å². The van der Waals surface area contributed by atoms with Crippen molar-refractivity contribution in [1.29, 1.82) is 0 Å². The molecule has 3 aromatic rings. The molecule has 0 unspecified atom stereocenters. The molecule has 1 saturated carbocycles. The molecule has 6 heteroatoms. The average Bonchev–Trinajstić information content (AvgIpc) is 2.83. The molecule has 0 spiro atoms. The van der Waals surface area contributed by atoms with E-state index in [0.29, 0.717) is 11.3 Å². The van der Waals surface area contributed by atoms with E-state index in [1.807, 2.05) is 30.3 Å². The van der Waals surface area contributed by atoms with Crippen molar-refractivity contribution in [3.8, 4) is 0 Å². The molecule has 0 radical (unpaired) electrons. The summed E-state index contributed by atoms with van der Waals surface area (Å²) in [6, 6.07) is 19.0. The fourth-order valence-corrected chi connectivity index (χ4v) is 4.20. The van der Waals surface area contributed by atoms with Gasteiger partial charge in [-0.3, -0.25) is 19.5 Å². The Labute approximate surface area is 187 Å². The fourth-order valence-electron chi connectivity index (χ4n) is 4.20. The van der Waals surface area contributed by atoms with Crippen LogP contribution in [0.5, 0.6) is 0 Å². The Morgan fingerprint density at radius 1 is 0.938 bits per heavy atom. The number of hydrogen-bond donors (Lipinski definition) is 1. The molecule has 1 heterocycles. The molecular weight excluding hydrogens is 405 g/mol. The first-order valence-electron chi connectivity index (χ1n) is 11.0. The highest BCUT2D eigenvalue weighted by atomic mass is 19.1. The summed E-state index contributed by atoms with van der Waals surface area (Å²) in [5.74, 6) is -1.23. The second-order valence-electron chi connectivity index (χ2n) is 8.03. The van der Waals surface area contributed by atoms with Crippen molar-refractivity contribution >= 4 is 17.5 Å². The number of aromatic nitrogens is 1. The number of nitrogens with zero attached hydrogens (tertiary/aromatic N) is 2. The number of halogens is 1. The number of hydrogen-bond acceptors (Lipinski definition) is 3. The Morgan fingerprint density at radius 2 is 1.69 bits per heavy atom. The average molecular weight is 432 g/mol. The Kier molecular flexibility index (Phi) is 6.90. The van der Waals surface area contributed by atoms with Crippen molar-refractivity contribution in [3.63, 3.8) is 0 Å². The predicted molar refractivity (Wildman–Crippen MR) is 122 cm³/mol. The third kappa shape index (κ3) is 5.02. The summed E-state index contributed by atoms with van der Waals surface area (Å²) in [5, 5.41) is 3.14. The summed E-state index contributed by atoms with van der Waals surface area (Å²) in [7, 11) is 0. The van der Waals surface area contributed by atoms with Crippen molar-refractivity contribution in [2.24, 2.45) is 0 Å². The summed E-state index contributed by atoms with van der Waals surface area (Å²) >= 11 is 0. The van der Waals surface area contributed by atoms with Crippen molar-refractivity contribution in [2.75, 3.05) is 4.90 Å². The van der Waals surface area contributed by atoms with Gasteiger partial charge in [0.2, 0.25) is 5.91 Å². The first-order valence-corrected chi connectivity index (χ1v) is 11.0. The molecule has 1 N–H and O–H groups in total. The quantitative estimate of drug-likeness (QED) is 0.594. The van der Waals surface area contributed by atoms with E-state index < -0.39 is 17.8 Å². The van der Waals surface area contributed by atoms with Crippen LogP contribution < -0.4 is 10.2 Å². The van der Waals surface area contributed by atoms with Gasteiger partial charge in [-0.15, -0.1) is 0 Å². The molecule has 2 aromatic carbocycles. The maximum atomic E-state index is 14.2. The monoisotopic (exact) mass is 431 g/mol. The fraction of sp³-hybridized carbons (Fsp3) is 0.269. The number of carbonyl (C=O) groups excluding carboxylic acids is 2. The van der Waals surface area contributed by atoms with Crippen LogP contribution in [0.1, 0.15) is 54.2 Å². The standard InChI is InChI=1S/C26H26FN3O2/c27-20-12-9-15-22(18-20)30(26(32)23-16-7-8-17-28-23)24(19-10-3-1-4-11-19)25(31)29-21-13-5-2-6-14-21/h1,3-4,7-12,15-18,21,24H,2,5-6,13-14H2,(H,29,31)/t24-/m0/s1. The summed E-state index contributed by atoms with van der Waals surface area (Å²) in [6.45, 7) is 0. The van der Waals surface area contributed by atoms with Gasteiger partial charge in [0.15, 0.2) is 0 Å². The van der Waals surface area contributed by atoms with Crippen molar-refractivity contribution < 1.29 is 14.0 Å². The molecule has 4 rings (SSSR count). The van der Waals surface area contributed by atoms with Gasteiger partial charge < -0.3 is 5.32 Å². The molecule has 5 nitrogen and oxygen atoms in total. The van der Waals surface area contributed by atoms with E-state index in [1.165, 1.54) is 35.7 Å². The van der Waals surface area contributed by atoms with Crippen LogP contribution in [0.15, 0.2) is 79.0 Å². The van der Waals surface area contributed by atoms with E-state index in [-0.39, 0.29) is 17.6 Å². The molecule has 2 amide bonds. The smallest absolute Gasteiger partial charge is 0.277 e. The highest BCUT2D eigenvalue weighted by Crippen LogP contribution is 2.30. The van der Waals surface area contributed by atoms with E-state index >= 15 is 0 Å². The molecule has 0 saturated heterocycles. The molecule has 1 aliphatic carbocycles. The van der Waals surface area contributed by atoms with Crippen molar-refractivity contribution in [3.05, 3.63) is 96.1 Å². The number of rotatable bonds is 6. The Hall–Kier alpha value is -3.54. The zero-order chi connectivity index (χ0) is 22.3. The minimum atomic E-state index is -0.963. The van der Waals surface area contributed by atoms with E-state index in [0.717, 1.165) is 25.7 Å². The minimum Gasteiger partial charge on any atom is -0.351 e. The molecule has 1 atom stereocenters. The Balaban J connectivity index is 1.78. The van der Waals surface area contributed by atoms with Crippen LogP contribution >= 0.6 is 0 Å². The molecule has 1 aromatic heterocycles. The number of nitrogens with one attached hydrogen (secondary N) is 1. The normalized spacial score (nSPS) is 15.0. The zero-order valence-corrected chi connectivity index (χ0v) is 17.8. The van der Waals surface area contributed by atoms with Crippen LogP contribution in [0.2, 0.25) is 0 Å². The largest absolute Gasteiger partial charge is 0.351 e. The molecule has 32 heavy (non-hydrogen) atoms. The number of amides is 2. The van der Waals surface area contributed by atoms with Gasteiger partial charge >= 0.3 is 0 Å². The SMILES string of the molecule is O=C(NC1CCCCC1)[C@H](c1ccccc1)N(C(=O)c1ccccn1)c1cccc(F)c1. The van der Waals surface area contributed by atoms with Gasteiger partial charge in [0.1, 0.15) is 17.6 Å². The third-order valence-electron chi connectivity index (χ3n) is 5.76. The lowest BCUT2D eigenvalue weighted by Gasteiger charge is -2.33. The summed E-state index contributed by atoms with van der Waals surface area (Å²) < 4.78 is 14.2. The van der Waals surface area contributed by atoms with Crippen LogP contribution in [0.4, 0.5) is 10.1 Å². The van der Waals surface area contributed by atoms with Crippen LogP contribution in [-0.2, 0) is 4.79 Å². The Bertz CT molecular complexity index is 1050. The van der Waals surface area contributed by atoms with Crippen LogP contribution in [0.3, 0.4) is 0 Å². The lowest BCUT2D eigenvalue weighted by atomic mass is 9.94. The van der Waals surface area contributed by atoms with E-state index in [2.05, 4.69) is 10.3 Å². The van der Waals surface area contributed by atoms with Gasteiger partial charge in [-0.25, -0.2) is 4.39 Å². The predicted octanol–water partition coefficient (Wildman–Crippen LogP) is 5.06. The zero-order valence-electron chi connectivity index (χ0n) is 17.8. The molecule has 0 aliphatic heterocycles. The highest BCUT2D eigenvalue weighted by Gasteiger charge is 2.35. The maximum Gasteiger partial charge on any atom is 0.277 e. The van der Waals surface area contributed by atoms with E-state index in [4.69, 9.17) is 0 Å². The first kappa shape index (κ1) is 21.7. The first-order chi connectivity index (χ1) is 15.6.